The Morgan fingerprint density at radius 2 is 1.93 bits per heavy atom. The smallest absolute Gasteiger partial charge is 0.171 e. The maximum absolute atomic E-state index is 11.3. The van der Waals surface area contributed by atoms with E-state index >= 15 is 0 Å². The summed E-state index contributed by atoms with van der Waals surface area (Å²) < 4.78 is 5.78. The lowest BCUT2D eigenvalue weighted by atomic mass is 9.49. The highest BCUT2D eigenvalue weighted by molar-refractivity contribution is 5.43. The Morgan fingerprint density at radius 1 is 1.20 bits per heavy atom. The van der Waals surface area contributed by atoms with Gasteiger partial charge in [0.1, 0.15) is 0 Å². The van der Waals surface area contributed by atoms with Crippen molar-refractivity contribution < 1.29 is 20.1 Å². The first-order valence-electron chi connectivity index (χ1n) is 11.9. The SMILES string of the molecule is CCC1=CC[C@H]2C3=CC=C4C[C@](O)(OC[C@@H](O)C(C)C)C[C@H](O)[C@]4(C)[C@@H]3CC[C@]12C. The average molecular weight is 417 g/mol. The van der Waals surface area contributed by atoms with E-state index in [0.717, 1.165) is 31.3 Å². The molecule has 2 fully saturated rings. The topological polar surface area (TPSA) is 69.9 Å². The minimum absolute atomic E-state index is 0.0661. The summed E-state index contributed by atoms with van der Waals surface area (Å²) in [7, 11) is 0. The van der Waals surface area contributed by atoms with Crippen molar-refractivity contribution >= 4 is 0 Å². The van der Waals surface area contributed by atoms with Gasteiger partial charge in [-0.15, -0.1) is 0 Å². The molecule has 4 nitrogen and oxygen atoms in total. The number of fused-ring (bicyclic) bond motifs is 5. The van der Waals surface area contributed by atoms with Crippen LogP contribution in [0.2, 0.25) is 0 Å². The quantitative estimate of drug-likeness (QED) is 0.456. The molecule has 7 atom stereocenters. The molecule has 3 N–H and O–H groups in total. The van der Waals surface area contributed by atoms with Gasteiger partial charge in [-0.05, 0) is 48.9 Å². The van der Waals surface area contributed by atoms with Crippen molar-refractivity contribution in [3.63, 3.8) is 0 Å². The zero-order valence-corrected chi connectivity index (χ0v) is 19.3. The Balaban J connectivity index is 1.60. The maximum atomic E-state index is 11.3. The van der Waals surface area contributed by atoms with Crippen LogP contribution in [0.25, 0.3) is 0 Å². The molecule has 4 rings (SSSR count). The Bertz CT molecular complexity index is 780. The largest absolute Gasteiger partial charge is 0.392 e. The van der Waals surface area contributed by atoms with Crippen LogP contribution in [-0.2, 0) is 4.74 Å². The van der Waals surface area contributed by atoms with Crippen LogP contribution in [0, 0.1) is 28.6 Å². The molecule has 0 radical (unpaired) electrons. The number of allylic oxidation sites excluding steroid dienone is 5. The van der Waals surface area contributed by atoms with Crippen LogP contribution in [0.3, 0.4) is 0 Å². The van der Waals surface area contributed by atoms with Crippen LogP contribution in [0.5, 0.6) is 0 Å². The molecule has 0 spiro atoms. The first kappa shape index (κ1) is 22.3. The van der Waals surface area contributed by atoms with E-state index < -0.39 is 18.0 Å². The molecular weight excluding hydrogens is 376 g/mol. The molecule has 0 unspecified atom stereocenters. The van der Waals surface area contributed by atoms with E-state index in [9.17, 15) is 15.3 Å². The van der Waals surface area contributed by atoms with Gasteiger partial charge >= 0.3 is 0 Å². The second-order valence-electron chi connectivity index (χ2n) is 11.0. The molecule has 0 aromatic rings. The molecule has 0 heterocycles. The molecule has 0 bridgehead atoms. The van der Waals surface area contributed by atoms with Gasteiger partial charge < -0.3 is 20.1 Å². The highest BCUT2D eigenvalue weighted by Gasteiger charge is 2.58. The van der Waals surface area contributed by atoms with Crippen LogP contribution in [0.1, 0.15) is 73.1 Å². The summed E-state index contributed by atoms with van der Waals surface area (Å²) in [6, 6.07) is 0. The van der Waals surface area contributed by atoms with Gasteiger partial charge in [-0.1, -0.05) is 69.6 Å². The average Bonchev–Trinajstić information content (AvgIpc) is 3.03. The lowest BCUT2D eigenvalue weighted by molar-refractivity contribution is -0.252. The molecule has 0 aromatic carbocycles. The highest BCUT2D eigenvalue weighted by Crippen LogP contribution is 2.64. The van der Waals surface area contributed by atoms with Gasteiger partial charge in [-0.2, -0.15) is 0 Å². The Morgan fingerprint density at radius 3 is 2.60 bits per heavy atom. The van der Waals surface area contributed by atoms with E-state index in [1.165, 1.54) is 5.57 Å². The number of hydrogen-bond acceptors (Lipinski definition) is 4. The predicted molar refractivity (Wildman–Crippen MR) is 119 cm³/mol. The van der Waals surface area contributed by atoms with Crippen molar-refractivity contribution in [2.75, 3.05) is 6.61 Å². The standard InChI is InChI=1S/C26H40O4/c1-6-17-8-10-20-19-9-7-18-13-26(29,30-15-22(27)16(2)3)14-23(28)25(18,5)21(19)11-12-24(17,20)4/h7-9,16,20-23,27-29H,6,10-15H2,1-5H3/t20-,21+,22+,23-,24+,25-,26-/m0/s1. The molecule has 4 heteroatoms. The van der Waals surface area contributed by atoms with Gasteiger partial charge in [0.15, 0.2) is 5.79 Å². The Hall–Kier alpha value is -0.940. The van der Waals surface area contributed by atoms with E-state index in [2.05, 4.69) is 39.0 Å². The lowest BCUT2D eigenvalue weighted by Crippen LogP contribution is -2.56. The molecule has 0 amide bonds. The summed E-state index contributed by atoms with van der Waals surface area (Å²) in [4.78, 5) is 0. The van der Waals surface area contributed by atoms with E-state index in [0.29, 0.717) is 18.3 Å². The second kappa shape index (κ2) is 7.58. The second-order valence-corrected chi connectivity index (χ2v) is 11.0. The molecule has 0 aromatic heterocycles. The van der Waals surface area contributed by atoms with Crippen LogP contribution in [0.4, 0.5) is 0 Å². The van der Waals surface area contributed by atoms with Gasteiger partial charge in [0.2, 0.25) is 0 Å². The van der Waals surface area contributed by atoms with Crippen molar-refractivity contribution in [3.05, 3.63) is 34.9 Å². The monoisotopic (exact) mass is 416 g/mol. The Labute approximate surface area is 181 Å². The third kappa shape index (κ3) is 3.26. The van der Waals surface area contributed by atoms with Gasteiger partial charge in [-0.3, -0.25) is 0 Å². The summed E-state index contributed by atoms with van der Waals surface area (Å²) in [5.74, 6) is -0.497. The molecule has 2 saturated carbocycles. The fourth-order valence-corrected chi connectivity index (χ4v) is 6.82. The molecular formula is C26H40O4. The third-order valence-electron chi connectivity index (χ3n) is 9.10. The van der Waals surface area contributed by atoms with Crippen molar-refractivity contribution in [1.82, 2.24) is 0 Å². The molecule has 30 heavy (non-hydrogen) atoms. The van der Waals surface area contributed by atoms with Crippen molar-refractivity contribution in [2.45, 2.75) is 91.1 Å². The normalized spacial score (nSPS) is 43.9. The van der Waals surface area contributed by atoms with Gasteiger partial charge in [0.05, 0.1) is 18.8 Å². The fourth-order valence-electron chi connectivity index (χ4n) is 6.82. The summed E-state index contributed by atoms with van der Waals surface area (Å²) in [6.45, 7) is 10.8. The molecule has 4 aliphatic carbocycles. The van der Waals surface area contributed by atoms with Crippen molar-refractivity contribution in [1.29, 1.82) is 0 Å². The minimum Gasteiger partial charge on any atom is -0.392 e. The minimum atomic E-state index is -1.42. The lowest BCUT2D eigenvalue weighted by Gasteiger charge is -2.57. The summed E-state index contributed by atoms with van der Waals surface area (Å²) >= 11 is 0. The number of rotatable bonds is 5. The first-order chi connectivity index (χ1) is 14.0. The van der Waals surface area contributed by atoms with E-state index in [1.807, 2.05) is 13.8 Å². The van der Waals surface area contributed by atoms with Gasteiger partial charge in [0, 0.05) is 18.3 Å². The zero-order chi connectivity index (χ0) is 21.9. The van der Waals surface area contributed by atoms with Gasteiger partial charge in [-0.25, -0.2) is 0 Å². The van der Waals surface area contributed by atoms with Crippen LogP contribution < -0.4 is 0 Å². The van der Waals surface area contributed by atoms with Crippen molar-refractivity contribution in [2.24, 2.45) is 28.6 Å². The number of aliphatic hydroxyl groups is 3. The molecule has 4 aliphatic rings. The van der Waals surface area contributed by atoms with Crippen LogP contribution in [-0.4, -0.2) is 39.9 Å². The van der Waals surface area contributed by atoms with Crippen molar-refractivity contribution in [3.8, 4) is 0 Å². The number of hydrogen-bond donors (Lipinski definition) is 3. The highest BCUT2D eigenvalue weighted by atomic mass is 16.6. The van der Waals surface area contributed by atoms with E-state index in [-0.39, 0.29) is 29.8 Å². The zero-order valence-electron chi connectivity index (χ0n) is 19.3. The first-order valence-corrected chi connectivity index (χ1v) is 11.9. The molecule has 168 valence electrons. The van der Waals surface area contributed by atoms with Crippen LogP contribution in [0.15, 0.2) is 34.9 Å². The predicted octanol–water partition coefficient (Wildman–Crippen LogP) is 4.51. The van der Waals surface area contributed by atoms with E-state index in [4.69, 9.17) is 4.74 Å². The maximum Gasteiger partial charge on any atom is 0.171 e. The van der Waals surface area contributed by atoms with Gasteiger partial charge in [0.25, 0.3) is 0 Å². The Kier molecular flexibility index (Phi) is 5.63. The van der Waals surface area contributed by atoms with E-state index in [1.54, 1.807) is 5.57 Å². The van der Waals surface area contributed by atoms with Crippen LogP contribution >= 0.6 is 0 Å². The number of aliphatic hydroxyl groups excluding tert-OH is 2. The molecule has 0 aliphatic heterocycles. The fraction of sp³-hybridized carbons (Fsp3) is 0.769. The third-order valence-corrected chi connectivity index (χ3v) is 9.10. The summed E-state index contributed by atoms with van der Waals surface area (Å²) in [5.41, 5.74) is 4.08. The summed E-state index contributed by atoms with van der Waals surface area (Å²) in [6.07, 6.45) is 10.7. The molecule has 0 saturated heterocycles. The number of ether oxygens (including phenoxy) is 1. The summed E-state index contributed by atoms with van der Waals surface area (Å²) in [5, 5.41) is 32.5.